The van der Waals surface area contributed by atoms with E-state index in [1.165, 1.54) is 33.4 Å². The molecule has 0 saturated heterocycles. The van der Waals surface area contributed by atoms with Crippen molar-refractivity contribution in [3.8, 4) is 0 Å². The summed E-state index contributed by atoms with van der Waals surface area (Å²) >= 11 is 0. The molecule has 2 aliphatic rings. The van der Waals surface area contributed by atoms with E-state index in [2.05, 4.69) is 67.2 Å². The maximum atomic E-state index is 11.1. The van der Waals surface area contributed by atoms with Crippen molar-refractivity contribution in [2.75, 3.05) is 6.61 Å². The predicted molar refractivity (Wildman–Crippen MR) is 139 cm³/mol. The Morgan fingerprint density at radius 3 is 2.55 bits per heavy atom. The molecule has 0 aromatic carbocycles. The highest BCUT2D eigenvalue weighted by atomic mass is 16.5. The number of rotatable bonds is 11. The van der Waals surface area contributed by atoms with Crippen LogP contribution < -0.4 is 0 Å². The molecule has 33 heavy (non-hydrogen) atoms. The Hall–Kier alpha value is -1.87. The van der Waals surface area contributed by atoms with Gasteiger partial charge in [-0.05, 0) is 83.8 Å². The van der Waals surface area contributed by atoms with Crippen LogP contribution in [0, 0.1) is 23.2 Å². The van der Waals surface area contributed by atoms with E-state index in [0.29, 0.717) is 11.8 Å². The first-order chi connectivity index (χ1) is 15.4. The van der Waals surface area contributed by atoms with Gasteiger partial charge in [0.15, 0.2) is 0 Å². The van der Waals surface area contributed by atoms with Gasteiger partial charge < -0.3 is 9.84 Å². The lowest BCUT2D eigenvalue weighted by Crippen LogP contribution is -2.37. The fourth-order valence-corrected chi connectivity index (χ4v) is 5.56. The van der Waals surface area contributed by atoms with E-state index < -0.39 is 5.97 Å². The summed E-state index contributed by atoms with van der Waals surface area (Å²) in [5, 5.41) is 9.12. The summed E-state index contributed by atoms with van der Waals surface area (Å²) in [4.78, 5) is 11.1. The highest BCUT2D eigenvalue weighted by Crippen LogP contribution is 2.51. The largest absolute Gasteiger partial charge is 0.481 e. The van der Waals surface area contributed by atoms with Gasteiger partial charge in [-0.2, -0.15) is 0 Å². The average molecular weight is 455 g/mol. The molecule has 0 saturated carbocycles. The molecule has 0 heterocycles. The number of carbonyl (C=O) groups is 1. The van der Waals surface area contributed by atoms with Gasteiger partial charge in [-0.25, -0.2) is 0 Å². The molecule has 0 aliphatic heterocycles. The molecule has 0 amide bonds. The molecule has 2 unspecified atom stereocenters. The summed E-state index contributed by atoms with van der Waals surface area (Å²) in [6, 6.07) is 0. The maximum Gasteiger partial charge on any atom is 0.303 e. The molecule has 0 aromatic heterocycles. The Labute approximate surface area is 202 Å². The standard InChI is InChI=1S/C30H46O3/c1-10-16-33-29-22(7)28-26(24(19(3)4)14-15-30(28,8)9)18-25(29)21(6)23(11-2)13-12-20(5)17-27(31)32/h11,14,18-20,22,29H,2,10,12-13,15-17H2,1,3-9H3,(H,31,32)/b23-21-/t20?,22?,29-/m0/s1. The van der Waals surface area contributed by atoms with Gasteiger partial charge in [0.2, 0.25) is 0 Å². The van der Waals surface area contributed by atoms with Gasteiger partial charge in [-0.1, -0.05) is 72.8 Å². The highest BCUT2D eigenvalue weighted by Gasteiger charge is 2.41. The van der Waals surface area contributed by atoms with E-state index in [4.69, 9.17) is 9.84 Å². The zero-order valence-electron chi connectivity index (χ0n) is 22.3. The lowest BCUT2D eigenvalue weighted by Gasteiger charge is -2.44. The fourth-order valence-electron chi connectivity index (χ4n) is 5.56. The smallest absolute Gasteiger partial charge is 0.303 e. The van der Waals surface area contributed by atoms with Gasteiger partial charge in [0.25, 0.3) is 0 Å². The van der Waals surface area contributed by atoms with Crippen molar-refractivity contribution in [2.45, 2.75) is 93.6 Å². The summed E-state index contributed by atoms with van der Waals surface area (Å²) in [6.45, 7) is 22.9. The summed E-state index contributed by atoms with van der Waals surface area (Å²) in [5.74, 6) is 0.188. The van der Waals surface area contributed by atoms with E-state index in [1.807, 2.05) is 13.0 Å². The topological polar surface area (TPSA) is 46.5 Å². The van der Waals surface area contributed by atoms with E-state index in [1.54, 1.807) is 0 Å². The molecular formula is C30H46O3. The molecule has 184 valence electrons. The second kappa shape index (κ2) is 11.5. The molecule has 2 rings (SSSR count). The van der Waals surface area contributed by atoms with Gasteiger partial charge in [0.05, 0.1) is 6.10 Å². The summed E-state index contributed by atoms with van der Waals surface area (Å²) in [6.07, 6.45) is 10.8. The van der Waals surface area contributed by atoms with Crippen LogP contribution in [0.4, 0.5) is 0 Å². The van der Waals surface area contributed by atoms with Crippen LogP contribution in [0.3, 0.4) is 0 Å². The molecular weight excluding hydrogens is 408 g/mol. The third-order valence-corrected chi connectivity index (χ3v) is 7.39. The second-order valence-electron chi connectivity index (χ2n) is 11.0. The van der Waals surface area contributed by atoms with E-state index in [-0.39, 0.29) is 23.9 Å². The first-order valence-electron chi connectivity index (χ1n) is 12.8. The minimum atomic E-state index is -0.729. The molecule has 2 aliphatic carbocycles. The van der Waals surface area contributed by atoms with Crippen LogP contribution in [0.15, 0.2) is 58.2 Å². The third-order valence-electron chi connectivity index (χ3n) is 7.39. The first kappa shape index (κ1) is 27.4. The van der Waals surface area contributed by atoms with Crippen LogP contribution in [0.1, 0.15) is 87.5 Å². The Kier molecular flexibility index (Phi) is 9.55. The maximum absolute atomic E-state index is 11.1. The summed E-state index contributed by atoms with van der Waals surface area (Å²) < 4.78 is 6.52. The predicted octanol–water partition coefficient (Wildman–Crippen LogP) is 8.06. The van der Waals surface area contributed by atoms with E-state index in [9.17, 15) is 4.79 Å². The van der Waals surface area contributed by atoms with Crippen molar-refractivity contribution in [3.05, 3.63) is 58.2 Å². The molecule has 3 heteroatoms. The minimum Gasteiger partial charge on any atom is -0.481 e. The number of ether oxygens (including phenoxy) is 1. The fraction of sp³-hybridized carbons (Fsp3) is 0.633. The van der Waals surface area contributed by atoms with Crippen molar-refractivity contribution in [3.63, 3.8) is 0 Å². The SMILES string of the molecule is C=C/C(CCC(C)CC(=O)O)=C(\C)C1=CC2=C(C(C)[C@@H]1OCCC)C(C)(C)CC=C2C(C)C. The number of hydrogen-bond donors (Lipinski definition) is 1. The Morgan fingerprint density at radius 1 is 1.33 bits per heavy atom. The van der Waals surface area contributed by atoms with Crippen molar-refractivity contribution < 1.29 is 14.6 Å². The zero-order valence-corrected chi connectivity index (χ0v) is 22.3. The van der Waals surface area contributed by atoms with Gasteiger partial charge in [0, 0.05) is 18.9 Å². The van der Waals surface area contributed by atoms with Crippen molar-refractivity contribution in [2.24, 2.45) is 23.2 Å². The number of carboxylic acid groups (broad SMARTS) is 1. The van der Waals surface area contributed by atoms with Gasteiger partial charge in [-0.15, -0.1) is 0 Å². The molecule has 0 bridgehead atoms. The molecule has 0 fully saturated rings. The summed E-state index contributed by atoms with van der Waals surface area (Å²) in [5.41, 5.74) is 8.20. The lowest BCUT2D eigenvalue weighted by atomic mass is 9.62. The van der Waals surface area contributed by atoms with Crippen LogP contribution in [-0.4, -0.2) is 23.8 Å². The molecule has 3 nitrogen and oxygen atoms in total. The first-order valence-corrected chi connectivity index (χ1v) is 12.8. The summed E-state index contributed by atoms with van der Waals surface area (Å²) in [7, 11) is 0. The normalized spacial score (nSPS) is 24.0. The average Bonchev–Trinajstić information content (AvgIpc) is 2.71. The van der Waals surface area contributed by atoms with Gasteiger partial charge >= 0.3 is 5.97 Å². The molecule has 0 radical (unpaired) electrons. The van der Waals surface area contributed by atoms with Crippen LogP contribution >= 0.6 is 0 Å². The molecule has 0 spiro atoms. The van der Waals surface area contributed by atoms with Crippen molar-refractivity contribution >= 4 is 5.97 Å². The number of carboxylic acids is 1. The highest BCUT2D eigenvalue weighted by molar-refractivity contribution is 5.67. The number of allylic oxidation sites excluding steroid dienone is 6. The minimum absolute atomic E-state index is 0.0286. The Bertz CT molecular complexity index is 863. The third kappa shape index (κ3) is 6.38. The molecule has 3 atom stereocenters. The monoisotopic (exact) mass is 454 g/mol. The lowest BCUT2D eigenvalue weighted by molar-refractivity contribution is -0.138. The second-order valence-corrected chi connectivity index (χ2v) is 11.0. The number of aliphatic carboxylic acids is 1. The molecule has 0 aromatic rings. The zero-order chi connectivity index (χ0) is 24.9. The van der Waals surface area contributed by atoms with Crippen LogP contribution in [0.5, 0.6) is 0 Å². The number of hydrogen-bond acceptors (Lipinski definition) is 2. The van der Waals surface area contributed by atoms with Crippen molar-refractivity contribution in [1.29, 1.82) is 0 Å². The van der Waals surface area contributed by atoms with Crippen LogP contribution in [-0.2, 0) is 9.53 Å². The Balaban J connectivity index is 2.56. The quantitative estimate of drug-likeness (QED) is 0.321. The van der Waals surface area contributed by atoms with E-state index >= 15 is 0 Å². The van der Waals surface area contributed by atoms with Gasteiger partial charge in [0.1, 0.15) is 0 Å². The molecule has 1 N–H and O–H groups in total. The van der Waals surface area contributed by atoms with Gasteiger partial charge in [-0.3, -0.25) is 4.79 Å². The van der Waals surface area contributed by atoms with Crippen LogP contribution in [0.2, 0.25) is 0 Å². The van der Waals surface area contributed by atoms with Crippen molar-refractivity contribution in [1.82, 2.24) is 0 Å². The van der Waals surface area contributed by atoms with E-state index in [0.717, 1.165) is 32.3 Å². The van der Waals surface area contributed by atoms with Crippen LogP contribution in [0.25, 0.3) is 0 Å². The Morgan fingerprint density at radius 2 is 2.00 bits per heavy atom.